The van der Waals surface area contributed by atoms with Crippen molar-refractivity contribution < 1.29 is 4.79 Å². The number of carbonyl (C=O) groups is 1. The van der Waals surface area contributed by atoms with Crippen LogP contribution < -0.4 is 5.32 Å². The van der Waals surface area contributed by atoms with Crippen LogP contribution in [0, 0.1) is 6.92 Å². The van der Waals surface area contributed by atoms with E-state index in [1.807, 2.05) is 32.0 Å². The van der Waals surface area contributed by atoms with E-state index >= 15 is 0 Å². The highest BCUT2D eigenvalue weighted by molar-refractivity contribution is 9.10. The SMILES string of the molecule is CCCNC(=O)Cc1ccc(Br)c(C)c1. The van der Waals surface area contributed by atoms with Crippen molar-refractivity contribution in [1.29, 1.82) is 0 Å². The second kappa shape index (κ2) is 5.91. The molecular formula is C12H16BrNO. The number of aryl methyl sites for hydroxylation is 1. The number of rotatable bonds is 4. The molecule has 0 saturated heterocycles. The largest absolute Gasteiger partial charge is 0.356 e. The molecule has 0 aliphatic rings. The van der Waals surface area contributed by atoms with Crippen LogP contribution in [0.1, 0.15) is 24.5 Å². The van der Waals surface area contributed by atoms with Gasteiger partial charge in [-0.05, 0) is 30.5 Å². The molecule has 1 amide bonds. The summed E-state index contributed by atoms with van der Waals surface area (Å²) in [5, 5.41) is 2.86. The van der Waals surface area contributed by atoms with E-state index in [4.69, 9.17) is 0 Å². The third-order valence-electron chi connectivity index (χ3n) is 2.16. The van der Waals surface area contributed by atoms with Crippen LogP contribution in [0.5, 0.6) is 0 Å². The third kappa shape index (κ3) is 4.04. The topological polar surface area (TPSA) is 29.1 Å². The smallest absolute Gasteiger partial charge is 0.224 e. The fourth-order valence-corrected chi connectivity index (χ4v) is 1.58. The number of hydrogen-bond donors (Lipinski definition) is 1. The molecule has 15 heavy (non-hydrogen) atoms. The zero-order valence-corrected chi connectivity index (χ0v) is 10.7. The molecule has 0 bridgehead atoms. The molecule has 1 rings (SSSR count). The maximum atomic E-state index is 11.4. The Hall–Kier alpha value is -0.830. The highest BCUT2D eigenvalue weighted by Gasteiger charge is 2.03. The number of nitrogens with one attached hydrogen (secondary N) is 1. The fraction of sp³-hybridized carbons (Fsp3) is 0.417. The Labute approximate surface area is 99.2 Å². The van der Waals surface area contributed by atoms with Crippen molar-refractivity contribution in [1.82, 2.24) is 5.32 Å². The van der Waals surface area contributed by atoms with E-state index in [1.165, 1.54) is 0 Å². The van der Waals surface area contributed by atoms with E-state index in [1.54, 1.807) is 0 Å². The summed E-state index contributed by atoms with van der Waals surface area (Å²) in [6.45, 7) is 4.83. The first-order valence-corrected chi connectivity index (χ1v) is 5.94. The quantitative estimate of drug-likeness (QED) is 0.895. The minimum absolute atomic E-state index is 0.0959. The second-order valence-electron chi connectivity index (χ2n) is 3.61. The number of benzene rings is 1. The summed E-state index contributed by atoms with van der Waals surface area (Å²) in [7, 11) is 0. The van der Waals surface area contributed by atoms with Crippen LogP contribution in [0.4, 0.5) is 0 Å². The summed E-state index contributed by atoms with van der Waals surface area (Å²) in [6.07, 6.45) is 1.44. The van der Waals surface area contributed by atoms with Gasteiger partial charge in [0.1, 0.15) is 0 Å². The van der Waals surface area contributed by atoms with Gasteiger partial charge in [0.25, 0.3) is 0 Å². The average Bonchev–Trinajstić information content (AvgIpc) is 2.20. The first kappa shape index (κ1) is 12.2. The summed E-state index contributed by atoms with van der Waals surface area (Å²) < 4.78 is 1.08. The summed E-state index contributed by atoms with van der Waals surface area (Å²) >= 11 is 3.44. The summed E-state index contributed by atoms with van der Waals surface area (Å²) in [5.41, 5.74) is 2.22. The maximum Gasteiger partial charge on any atom is 0.224 e. The molecule has 1 N–H and O–H groups in total. The molecule has 0 spiro atoms. The van der Waals surface area contributed by atoms with Gasteiger partial charge in [-0.1, -0.05) is 35.0 Å². The number of halogens is 1. The second-order valence-corrected chi connectivity index (χ2v) is 4.46. The van der Waals surface area contributed by atoms with Crippen LogP contribution in [0.2, 0.25) is 0 Å². The van der Waals surface area contributed by atoms with Crippen LogP contribution in [0.15, 0.2) is 22.7 Å². The number of amides is 1. The minimum Gasteiger partial charge on any atom is -0.356 e. The molecule has 0 atom stereocenters. The van der Waals surface area contributed by atoms with Crippen molar-refractivity contribution in [3.05, 3.63) is 33.8 Å². The predicted molar refractivity (Wildman–Crippen MR) is 65.9 cm³/mol. The van der Waals surface area contributed by atoms with E-state index in [9.17, 15) is 4.79 Å². The zero-order chi connectivity index (χ0) is 11.3. The van der Waals surface area contributed by atoms with Gasteiger partial charge >= 0.3 is 0 Å². The minimum atomic E-state index is 0.0959. The molecule has 0 fully saturated rings. The number of carbonyl (C=O) groups excluding carboxylic acids is 1. The molecule has 0 aromatic heterocycles. The molecule has 0 saturated carbocycles. The Morgan fingerprint density at radius 3 is 2.80 bits per heavy atom. The third-order valence-corrected chi connectivity index (χ3v) is 3.05. The van der Waals surface area contributed by atoms with Crippen LogP contribution in [0.25, 0.3) is 0 Å². The molecule has 0 radical (unpaired) electrons. The van der Waals surface area contributed by atoms with Crippen molar-refractivity contribution >= 4 is 21.8 Å². The van der Waals surface area contributed by atoms with E-state index in [0.29, 0.717) is 6.42 Å². The average molecular weight is 270 g/mol. The first-order valence-electron chi connectivity index (χ1n) is 5.15. The molecule has 1 aromatic rings. The van der Waals surface area contributed by atoms with Gasteiger partial charge in [-0.25, -0.2) is 0 Å². The van der Waals surface area contributed by atoms with Crippen molar-refractivity contribution in [3.63, 3.8) is 0 Å². The lowest BCUT2D eigenvalue weighted by Crippen LogP contribution is -2.25. The maximum absolute atomic E-state index is 11.4. The Balaban J connectivity index is 2.57. The van der Waals surface area contributed by atoms with E-state index in [0.717, 1.165) is 28.6 Å². The van der Waals surface area contributed by atoms with Crippen LogP contribution in [0.3, 0.4) is 0 Å². The summed E-state index contributed by atoms with van der Waals surface area (Å²) in [6, 6.07) is 6.00. The van der Waals surface area contributed by atoms with Gasteiger partial charge in [0.15, 0.2) is 0 Å². The molecular weight excluding hydrogens is 254 g/mol. The van der Waals surface area contributed by atoms with Crippen molar-refractivity contribution in [2.24, 2.45) is 0 Å². The highest BCUT2D eigenvalue weighted by atomic mass is 79.9. The van der Waals surface area contributed by atoms with Gasteiger partial charge in [0.2, 0.25) is 5.91 Å². The van der Waals surface area contributed by atoms with Crippen molar-refractivity contribution in [3.8, 4) is 0 Å². The molecule has 2 nitrogen and oxygen atoms in total. The van der Waals surface area contributed by atoms with Crippen LogP contribution >= 0.6 is 15.9 Å². The van der Waals surface area contributed by atoms with Gasteiger partial charge in [0.05, 0.1) is 6.42 Å². The van der Waals surface area contributed by atoms with E-state index in [2.05, 4.69) is 21.2 Å². The standard InChI is InChI=1S/C12H16BrNO/c1-3-6-14-12(15)8-10-4-5-11(13)9(2)7-10/h4-5,7H,3,6,8H2,1-2H3,(H,14,15). The molecule has 0 aliphatic heterocycles. The lowest BCUT2D eigenvalue weighted by molar-refractivity contribution is -0.120. The predicted octanol–water partition coefficient (Wildman–Crippen LogP) is 2.83. The Kier molecular flexibility index (Phi) is 4.82. The normalized spacial score (nSPS) is 10.1. The van der Waals surface area contributed by atoms with Crippen molar-refractivity contribution in [2.45, 2.75) is 26.7 Å². The van der Waals surface area contributed by atoms with E-state index in [-0.39, 0.29) is 5.91 Å². The number of hydrogen-bond acceptors (Lipinski definition) is 1. The first-order chi connectivity index (χ1) is 7.13. The molecule has 0 heterocycles. The van der Waals surface area contributed by atoms with Gasteiger partial charge in [-0.3, -0.25) is 4.79 Å². The van der Waals surface area contributed by atoms with Crippen molar-refractivity contribution in [2.75, 3.05) is 6.54 Å². The van der Waals surface area contributed by atoms with Crippen LogP contribution in [-0.4, -0.2) is 12.5 Å². The van der Waals surface area contributed by atoms with Gasteiger partial charge in [-0.2, -0.15) is 0 Å². The molecule has 1 aromatic carbocycles. The van der Waals surface area contributed by atoms with E-state index < -0.39 is 0 Å². The lowest BCUT2D eigenvalue weighted by Gasteiger charge is -2.05. The summed E-state index contributed by atoms with van der Waals surface area (Å²) in [4.78, 5) is 11.4. The van der Waals surface area contributed by atoms with Gasteiger partial charge < -0.3 is 5.32 Å². The zero-order valence-electron chi connectivity index (χ0n) is 9.14. The van der Waals surface area contributed by atoms with Crippen LogP contribution in [-0.2, 0) is 11.2 Å². The fourth-order valence-electron chi connectivity index (χ4n) is 1.33. The Bertz CT molecular complexity index is 349. The molecule has 3 heteroatoms. The highest BCUT2D eigenvalue weighted by Crippen LogP contribution is 2.17. The van der Waals surface area contributed by atoms with Gasteiger partial charge in [0, 0.05) is 11.0 Å². The lowest BCUT2D eigenvalue weighted by atomic mass is 10.1. The Morgan fingerprint density at radius 2 is 2.20 bits per heavy atom. The monoisotopic (exact) mass is 269 g/mol. The molecule has 82 valence electrons. The van der Waals surface area contributed by atoms with Gasteiger partial charge in [-0.15, -0.1) is 0 Å². The molecule has 0 unspecified atom stereocenters. The molecule has 0 aliphatic carbocycles. The Morgan fingerprint density at radius 1 is 1.47 bits per heavy atom. The summed E-state index contributed by atoms with van der Waals surface area (Å²) in [5.74, 6) is 0.0959.